The highest BCUT2D eigenvalue weighted by molar-refractivity contribution is 7.78. The summed E-state index contributed by atoms with van der Waals surface area (Å²) in [6.45, 7) is 3.76. The van der Waals surface area contributed by atoms with E-state index in [1.165, 1.54) is 12.1 Å². The average molecular weight is 363 g/mol. The summed E-state index contributed by atoms with van der Waals surface area (Å²) in [7, 11) is 0. The van der Waals surface area contributed by atoms with Crippen LogP contribution in [-0.4, -0.2) is 5.16 Å². The summed E-state index contributed by atoms with van der Waals surface area (Å²) >= 11 is 4.50. The molecule has 26 heavy (non-hydrogen) atoms. The molecular weight excluding hydrogens is 348 g/mol. The molecule has 0 atom stereocenters. The van der Waals surface area contributed by atoms with Gasteiger partial charge in [0.1, 0.15) is 5.69 Å². The Labute approximate surface area is 156 Å². The van der Waals surface area contributed by atoms with Crippen LogP contribution in [0.5, 0.6) is 0 Å². The smallest absolute Gasteiger partial charge is 0.160 e. The molecule has 0 saturated heterocycles. The molecule has 0 fully saturated rings. The zero-order valence-corrected chi connectivity index (χ0v) is 14.7. The second-order valence-corrected chi connectivity index (χ2v) is 5.88. The first kappa shape index (κ1) is 17.9. The van der Waals surface area contributed by atoms with E-state index in [1.807, 2.05) is 53.7 Å². The van der Waals surface area contributed by atoms with E-state index in [1.54, 1.807) is 6.07 Å². The maximum atomic E-state index is 14.9. The van der Waals surface area contributed by atoms with Crippen LogP contribution in [0.2, 0.25) is 0 Å². The number of thiocarbonyl (C=S) groups is 1. The van der Waals surface area contributed by atoms with E-state index < -0.39 is 17.3 Å². The van der Waals surface area contributed by atoms with Crippen LogP contribution < -0.4 is 0 Å². The molecule has 0 N–H and O–H groups in total. The highest BCUT2D eigenvalue weighted by Gasteiger charge is 2.17. The second kappa shape index (κ2) is 7.96. The van der Waals surface area contributed by atoms with Gasteiger partial charge in [-0.2, -0.15) is 4.99 Å². The number of hydrogen-bond acceptors (Lipinski definition) is 2. The third kappa shape index (κ3) is 3.52. The summed E-state index contributed by atoms with van der Waals surface area (Å²) < 4.78 is 28.7. The van der Waals surface area contributed by atoms with Crippen molar-refractivity contribution in [1.82, 2.24) is 0 Å². The molecule has 0 saturated carbocycles. The lowest BCUT2D eigenvalue weighted by Crippen LogP contribution is -1.92. The Morgan fingerprint density at radius 1 is 0.962 bits per heavy atom. The number of isothiocyanates is 1. The molecule has 3 rings (SSSR count). The molecule has 0 unspecified atom stereocenters. The molecule has 128 valence electrons. The van der Waals surface area contributed by atoms with Crippen molar-refractivity contribution < 1.29 is 8.78 Å². The number of allylic oxidation sites excluding steroid dienone is 1. The van der Waals surface area contributed by atoms with Crippen LogP contribution in [0.4, 0.5) is 14.5 Å². The standard InChI is InChI=1S/C22H15F2NS/c1-2-6-15-7-5-8-16(13-15)17-9-3-4-10-18(17)19-11-12-20(23)22(21(19)24)25-14-26/h2-5,7-13H,1,6H2. The van der Waals surface area contributed by atoms with Gasteiger partial charge in [-0.1, -0.05) is 54.6 Å². The normalized spacial score (nSPS) is 10.2. The van der Waals surface area contributed by atoms with Crippen molar-refractivity contribution in [2.24, 2.45) is 4.99 Å². The molecule has 0 aliphatic carbocycles. The van der Waals surface area contributed by atoms with E-state index in [2.05, 4.69) is 23.8 Å². The van der Waals surface area contributed by atoms with Crippen LogP contribution in [0, 0.1) is 11.6 Å². The molecule has 0 bridgehead atoms. The second-order valence-electron chi connectivity index (χ2n) is 5.70. The van der Waals surface area contributed by atoms with Crippen LogP contribution in [-0.2, 0) is 6.42 Å². The largest absolute Gasteiger partial charge is 0.204 e. The van der Waals surface area contributed by atoms with Crippen LogP contribution in [0.3, 0.4) is 0 Å². The fourth-order valence-corrected chi connectivity index (χ4v) is 2.99. The van der Waals surface area contributed by atoms with Crippen molar-refractivity contribution in [3.05, 3.63) is 90.5 Å². The van der Waals surface area contributed by atoms with Gasteiger partial charge in [0.05, 0.1) is 5.16 Å². The van der Waals surface area contributed by atoms with Crippen molar-refractivity contribution >= 4 is 23.1 Å². The fourth-order valence-electron chi connectivity index (χ4n) is 2.90. The first-order valence-corrected chi connectivity index (χ1v) is 8.42. The minimum absolute atomic E-state index is 0.264. The van der Waals surface area contributed by atoms with Crippen LogP contribution in [0.25, 0.3) is 22.3 Å². The van der Waals surface area contributed by atoms with E-state index >= 15 is 0 Å². The molecule has 0 aliphatic heterocycles. The summed E-state index contributed by atoms with van der Waals surface area (Å²) in [6.07, 6.45) is 2.58. The molecule has 4 heteroatoms. The predicted molar refractivity (Wildman–Crippen MR) is 106 cm³/mol. The van der Waals surface area contributed by atoms with Crippen molar-refractivity contribution in [3.8, 4) is 22.3 Å². The Hall–Kier alpha value is -2.94. The quantitative estimate of drug-likeness (QED) is 0.277. The summed E-state index contributed by atoms with van der Waals surface area (Å²) in [5.41, 5.74) is 3.40. The number of nitrogens with zero attached hydrogens (tertiary/aromatic N) is 1. The minimum Gasteiger partial charge on any atom is -0.204 e. The van der Waals surface area contributed by atoms with Gasteiger partial charge in [-0.15, -0.1) is 6.58 Å². The monoisotopic (exact) mass is 363 g/mol. The first-order valence-electron chi connectivity index (χ1n) is 8.01. The Kier molecular flexibility index (Phi) is 5.47. The number of aliphatic imine (C=N–C) groups is 1. The lowest BCUT2D eigenvalue weighted by Gasteiger charge is -2.13. The SMILES string of the molecule is C=CCc1cccc(-c2ccccc2-c2ccc(F)c(N=C=S)c2F)c1. The Bertz CT molecular complexity index is 1020. The van der Waals surface area contributed by atoms with Gasteiger partial charge in [0.2, 0.25) is 0 Å². The molecule has 0 amide bonds. The maximum absolute atomic E-state index is 14.9. The fraction of sp³-hybridized carbons (Fsp3) is 0.0455. The van der Waals surface area contributed by atoms with Crippen molar-refractivity contribution in [3.63, 3.8) is 0 Å². The summed E-state index contributed by atoms with van der Waals surface area (Å²) in [5, 5.41) is 2.03. The number of rotatable bonds is 5. The Morgan fingerprint density at radius 2 is 1.73 bits per heavy atom. The highest BCUT2D eigenvalue weighted by Crippen LogP contribution is 2.37. The van der Waals surface area contributed by atoms with Crippen molar-refractivity contribution in [2.75, 3.05) is 0 Å². The van der Waals surface area contributed by atoms with Gasteiger partial charge in [0, 0.05) is 5.56 Å². The van der Waals surface area contributed by atoms with Gasteiger partial charge in [-0.05, 0) is 53.0 Å². The molecule has 0 radical (unpaired) electrons. The van der Waals surface area contributed by atoms with Gasteiger partial charge in [-0.25, -0.2) is 8.78 Å². The number of hydrogen-bond donors (Lipinski definition) is 0. The third-order valence-electron chi connectivity index (χ3n) is 4.06. The number of benzene rings is 3. The van der Waals surface area contributed by atoms with Gasteiger partial charge in [-0.3, -0.25) is 0 Å². The zero-order chi connectivity index (χ0) is 18.5. The van der Waals surface area contributed by atoms with Gasteiger partial charge in [0.15, 0.2) is 11.6 Å². The van der Waals surface area contributed by atoms with Crippen LogP contribution in [0.15, 0.2) is 78.3 Å². The highest BCUT2D eigenvalue weighted by atomic mass is 32.1. The van der Waals surface area contributed by atoms with Gasteiger partial charge in [0.25, 0.3) is 0 Å². The lowest BCUT2D eigenvalue weighted by atomic mass is 9.93. The molecular formula is C22H15F2NS. The molecule has 3 aromatic rings. The molecule has 0 aliphatic rings. The summed E-state index contributed by atoms with van der Waals surface area (Å²) in [6, 6.07) is 18.0. The van der Waals surface area contributed by atoms with E-state index in [-0.39, 0.29) is 5.56 Å². The third-order valence-corrected chi connectivity index (χ3v) is 4.15. The average Bonchev–Trinajstić information content (AvgIpc) is 2.66. The van der Waals surface area contributed by atoms with E-state index in [0.717, 1.165) is 23.1 Å². The zero-order valence-electron chi connectivity index (χ0n) is 13.9. The molecule has 0 aromatic heterocycles. The topological polar surface area (TPSA) is 12.4 Å². The van der Waals surface area contributed by atoms with Crippen molar-refractivity contribution in [2.45, 2.75) is 6.42 Å². The first-order chi connectivity index (χ1) is 12.7. The molecule has 1 nitrogen and oxygen atoms in total. The molecule has 3 aromatic carbocycles. The molecule has 0 spiro atoms. The lowest BCUT2D eigenvalue weighted by molar-refractivity contribution is 0.590. The molecule has 0 heterocycles. The predicted octanol–water partition coefficient (Wildman–Crippen LogP) is 6.76. The van der Waals surface area contributed by atoms with Gasteiger partial charge < -0.3 is 0 Å². The van der Waals surface area contributed by atoms with Crippen LogP contribution >= 0.6 is 12.2 Å². The van der Waals surface area contributed by atoms with E-state index in [0.29, 0.717) is 5.56 Å². The van der Waals surface area contributed by atoms with E-state index in [9.17, 15) is 8.78 Å². The summed E-state index contributed by atoms with van der Waals surface area (Å²) in [5.74, 6) is -1.52. The Morgan fingerprint density at radius 3 is 2.46 bits per heavy atom. The maximum Gasteiger partial charge on any atom is 0.160 e. The van der Waals surface area contributed by atoms with E-state index in [4.69, 9.17) is 0 Å². The Balaban J connectivity index is 2.20. The number of halogens is 2. The van der Waals surface area contributed by atoms with Crippen molar-refractivity contribution in [1.29, 1.82) is 0 Å². The minimum atomic E-state index is -0.769. The van der Waals surface area contributed by atoms with Crippen LogP contribution in [0.1, 0.15) is 5.56 Å². The summed E-state index contributed by atoms with van der Waals surface area (Å²) in [4.78, 5) is 3.54. The van der Waals surface area contributed by atoms with Gasteiger partial charge >= 0.3 is 0 Å².